The molecular formula is C28H43N3O2. The molecule has 0 saturated heterocycles. The molecule has 33 heavy (non-hydrogen) atoms. The normalized spacial score (nSPS) is 13.4. The van der Waals surface area contributed by atoms with E-state index in [0.717, 1.165) is 56.2 Å². The molecule has 0 unspecified atom stereocenters. The Hall–Kier alpha value is -2.01. The van der Waals surface area contributed by atoms with E-state index in [-0.39, 0.29) is 0 Å². The lowest BCUT2D eigenvalue weighted by atomic mass is 10.1. The Bertz CT molecular complexity index is 745. The molecule has 0 radical (unpaired) electrons. The third-order valence-corrected chi connectivity index (χ3v) is 6.32. The van der Waals surface area contributed by atoms with Crippen LogP contribution in [0.1, 0.15) is 96.0 Å². The van der Waals surface area contributed by atoms with Gasteiger partial charge in [0.15, 0.2) is 0 Å². The van der Waals surface area contributed by atoms with Gasteiger partial charge in [-0.3, -0.25) is 4.98 Å². The fourth-order valence-electron chi connectivity index (χ4n) is 3.98. The van der Waals surface area contributed by atoms with Crippen molar-refractivity contribution in [2.75, 3.05) is 19.8 Å². The molecule has 3 rings (SSSR count). The zero-order valence-corrected chi connectivity index (χ0v) is 20.6. The number of hydrogen-bond acceptors (Lipinski definition) is 5. The Morgan fingerprint density at radius 3 is 2.21 bits per heavy atom. The molecule has 5 nitrogen and oxygen atoms in total. The summed E-state index contributed by atoms with van der Waals surface area (Å²) in [5.41, 5.74) is 2.89. The van der Waals surface area contributed by atoms with Crippen LogP contribution in [0.25, 0.3) is 11.4 Å². The summed E-state index contributed by atoms with van der Waals surface area (Å²) in [4.78, 5) is 13.5. The molecule has 1 saturated carbocycles. The molecule has 182 valence electrons. The van der Waals surface area contributed by atoms with Crippen LogP contribution in [0, 0.1) is 5.92 Å². The van der Waals surface area contributed by atoms with Crippen molar-refractivity contribution in [2.45, 2.75) is 96.8 Å². The predicted molar refractivity (Wildman–Crippen MR) is 134 cm³/mol. The van der Waals surface area contributed by atoms with Crippen LogP contribution in [0.4, 0.5) is 0 Å². The van der Waals surface area contributed by atoms with Crippen LogP contribution in [0.5, 0.6) is 5.88 Å². The molecule has 2 aromatic rings. The molecule has 2 aromatic heterocycles. The number of nitrogens with zero attached hydrogens (tertiary/aromatic N) is 3. The van der Waals surface area contributed by atoms with Gasteiger partial charge in [0.2, 0.25) is 5.88 Å². The molecule has 0 aliphatic heterocycles. The summed E-state index contributed by atoms with van der Waals surface area (Å²) in [6.07, 6.45) is 23.1. The summed E-state index contributed by atoms with van der Waals surface area (Å²) >= 11 is 0. The average molecular weight is 454 g/mol. The first-order valence-corrected chi connectivity index (χ1v) is 13.3. The average Bonchev–Trinajstić information content (AvgIpc) is 3.68. The van der Waals surface area contributed by atoms with Crippen LogP contribution in [0.2, 0.25) is 0 Å². The maximum Gasteiger partial charge on any atom is 0.232 e. The van der Waals surface area contributed by atoms with Gasteiger partial charge in [-0.05, 0) is 49.7 Å². The molecule has 0 spiro atoms. The Kier molecular flexibility index (Phi) is 12.2. The smallest absolute Gasteiger partial charge is 0.232 e. The summed E-state index contributed by atoms with van der Waals surface area (Å²) in [5.74, 6) is 1.65. The lowest BCUT2D eigenvalue weighted by Gasteiger charge is -2.07. The highest BCUT2D eigenvalue weighted by Gasteiger charge is 2.19. The number of pyridine rings is 1. The highest BCUT2D eigenvalue weighted by atomic mass is 16.5. The minimum atomic E-state index is 0.598. The van der Waals surface area contributed by atoms with Crippen LogP contribution in [-0.2, 0) is 11.2 Å². The van der Waals surface area contributed by atoms with Gasteiger partial charge in [-0.15, -0.1) is 0 Å². The third-order valence-electron chi connectivity index (χ3n) is 6.32. The Balaban J connectivity index is 1.25. The number of rotatable bonds is 19. The minimum Gasteiger partial charge on any atom is -0.477 e. The van der Waals surface area contributed by atoms with E-state index in [1.54, 1.807) is 12.4 Å². The Morgan fingerprint density at radius 1 is 0.727 bits per heavy atom. The van der Waals surface area contributed by atoms with E-state index in [1.165, 1.54) is 69.8 Å². The monoisotopic (exact) mass is 453 g/mol. The molecule has 0 amide bonds. The number of aryl methyl sites for hydroxylation is 1. The first-order valence-electron chi connectivity index (χ1n) is 13.3. The maximum atomic E-state index is 5.75. The van der Waals surface area contributed by atoms with Gasteiger partial charge in [0.1, 0.15) is 5.69 Å². The van der Waals surface area contributed by atoms with Gasteiger partial charge in [0.25, 0.3) is 0 Å². The van der Waals surface area contributed by atoms with Gasteiger partial charge >= 0.3 is 0 Å². The maximum absolute atomic E-state index is 5.75. The largest absolute Gasteiger partial charge is 0.477 e. The van der Waals surface area contributed by atoms with Gasteiger partial charge in [0, 0.05) is 19.4 Å². The van der Waals surface area contributed by atoms with Gasteiger partial charge in [-0.2, -0.15) is 0 Å². The lowest BCUT2D eigenvalue weighted by Crippen LogP contribution is -2.00. The topological polar surface area (TPSA) is 57.1 Å². The number of unbranched alkanes of at least 4 members (excludes halogenated alkanes) is 7. The lowest BCUT2D eigenvalue weighted by molar-refractivity contribution is 0.126. The van der Waals surface area contributed by atoms with Gasteiger partial charge in [-0.1, -0.05) is 70.8 Å². The van der Waals surface area contributed by atoms with Crippen LogP contribution in [-0.4, -0.2) is 34.8 Å². The van der Waals surface area contributed by atoms with E-state index in [1.807, 2.05) is 12.3 Å². The van der Waals surface area contributed by atoms with Crippen LogP contribution in [0.15, 0.2) is 30.7 Å². The molecule has 5 heteroatoms. The van der Waals surface area contributed by atoms with Crippen molar-refractivity contribution in [2.24, 2.45) is 5.92 Å². The summed E-state index contributed by atoms with van der Waals surface area (Å²) < 4.78 is 11.5. The SMILES string of the molecule is CCCCCCOCCCCc1ccc(-c2cnc(OCCCCCCC3CC3)cn2)nc1. The van der Waals surface area contributed by atoms with Crippen molar-refractivity contribution in [3.63, 3.8) is 0 Å². The number of aromatic nitrogens is 3. The minimum absolute atomic E-state index is 0.598. The van der Waals surface area contributed by atoms with Gasteiger partial charge < -0.3 is 9.47 Å². The first kappa shape index (κ1) is 25.6. The van der Waals surface area contributed by atoms with E-state index in [9.17, 15) is 0 Å². The van der Waals surface area contributed by atoms with E-state index in [4.69, 9.17) is 9.47 Å². The standard InChI is InChI=1S/C28H43N3O2/c1-2-3-4-9-18-32-19-11-8-13-25-16-17-26(29-21-25)27-22-31-28(23-30-27)33-20-10-6-5-7-12-24-14-15-24/h16-17,21-24H,2-15,18-20H2,1H3. The Morgan fingerprint density at radius 2 is 1.48 bits per heavy atom. The van der Waals surface area contributed by atoms with Crippen LogP contribution < -0.4 is 4.74 Å². The predicted octanol–water partition coefficient (Wildman–Crippen LogP) is 7.20. The summed E-state index contributed by atoms with van der Waals surface area (Å²) in [7, 11) is 0. The molecule has 1 fully saturated rings. The number of hydrogen-bond donors (Lipinski definition) is 0. The van der Waals surface area contributed by atoms with Crippen molar-refractivity contribution < 1.29 is 9.47 Å². The zero-order valence-electron chi connectivity index (χ0n) is 20.6. The molecule has 0 aromatic carbocycles. The first-order chi connectivity index (χ1) is 16.3. The molecular weight excluding hydrogens is 410 g/mol. The fraction of sp³-hybridized carbons (Fsp3) is 0.679. The van der Waals surface area contributed by atoms with Crippen molar-refractivity contribution in [3.8, 4) is 17.3 Å². The zero-order chi connectivity index (χ0) is 23.0. The van der Waals surface area contributed by atoms with E-state index >= 15 is 0 Å². The summed E-state index contributed by atoms with van der Waals surface area (Å²) in [6.45, 7) is 4.72. The van der Waals surface area contributed by atoms with E-state index < -0.39 is 0 Å². The van der Waals surface area contributed by atoms with Crippen LogP contribution in [0.3, 0.4) is 0 Å². The molecule has 1 aliphatic rings. The van der Waals surface area contributed by atoms with Crippen molar-refractivity contribution >= 4 is 0 Å². The van der Waals surface area contributed by atoms with E-state index in [0.29, 0.717) is 12.5 Å². The molecule has 1 aliphatic carbocycles. The Labute approximate surface area is 200 Å². The van der Waals surface area contributed by atoms with Gasteiger partial charge in [0.05, 0.1) is 24.7 Å². The van der Waals surface area contributed by atoms with E-state index in [2.05, 4.69) is 27.9 Å². The second-order valence-electron chi connectivity index (χ2n) is 9.42. The van der Waals surface area contributed by atoms with Crippen molar-refractivity contribution in [1.82, 2.24) is 15.0 Å². The molecule has 2 heterocycles. The third kappa shape index (κ3) is 11.1. The number of ether oxygens (including phenoxy) is 2. The second kappa shape index (κ2) is 15.8. The van der Waals surface area contributed by atoms with Crippen molar-refractivity contribution in [3.05, 3.63) is 36.3 Å². The molecule has 0 bridgehead atoms. The highest BCUT2D eigenvalue weighted by Crippen LogP contribution is 2.34. The van der Waals surface area contributed by atoms with Gasteiger partial charge in [-0.25, -0.2) is 9.97 Å². The molecule has 0 N–H and O–H groups in total. The quantitative estimate of drug-likeness (QED) is 0.211. The van der Waals surface area contributed by atoms with Crippen molar-refractivity contribution in [1.29, 1.82) is 0 Å². The highest BCUT2D eigenvalue weighted by molar-refractivity contribution is 5.52. The van der Waals surface area contributed by atoms with Crippen LogP contribution >= 0.6 is 0 Å². The molecule has 0 atom stereocenters. The summed E-state index contributed by atoms with van der Waals surface area (Å²) in [5, 5.41) is 0. The second-order valence-corrected chi connectivity index (χ2v) is 9.42. The summed E-state index contributed by atoms with van der Waals surface area (Å²) in [6, 6.07) is 4.18. The fourth-order valence-corrected chi connectivity index (χ4v) is 3.98.